The van der Waals surface area contributed by atoms with Crippen molar-refractivity contribution in [3.05, 3.63) is 52.1 Å². The van der Waals surface area contributed by atoms with E-state index in [-0.39, 0.29) is 23.6 Å². The Morgan fingerprint density at radius 1 is 1.31 bits per heavy atom. The van der Waals surface area contributed by atoms with Crippen LogP contribution in [0, 0.1) is 0 Å². The van der Waals surface area contributed by atoms with Crippen molar-refractivity contribution in [1.29, 1.82) is 0 Å². The van der Waals surface area contributed by atoms with E-state index in [4.69, 9.17) is 0 Å². The van der Waals surface area contributed by atoms with Crippen LogP contribution in [0.3, 0.4) is 0 Å². The number of carbonyl (C=O) groups is 1. The summed E-state index contributed by atoms with van der Waals surface area (Å²) in [6.45, 7) is 4.72. The van der Waals surface area contributed by atoms with Gasteiger partial charge in [0.15, 0.2) is 15.5 Å². The molecule has 0 saturated carbocycles. The summed E-state index contributed by atoms with van der Waals surface area (Å²) in [7, 11) is 1.73. The van der Waals surface area contributed by atoms with Crippen LogP contribution in [-0.4, -0.2) is 33.0 Å². The highest BCUT2D eigenvalue weighted by atomic mass is 32.1. The molecule has 2 aromatic heterocycles. The molecule has 152 valence electrons. The fourth-order valence-corrected chi connectivity index (χ4v) is 4.85. The topological polar surface area (TPSA) is 80.1 Å². The molecule has 0 spiro atoms. The Kier molecular flexibility index (Phi) is 5.36. The van der Waals surface area contributed by atoms with Crippen molar-refractivity contribution < 1.29 is 4.79 Å². The minimum Gasteiger partial charge on any atom is -0.348 e. The number of carbonyl (C=O) groups excluding carboxylic acids is 1. The Morgan fingerprint density at radius 3 is 2.79 bits per heavy atom. The third-order valence-electron chi connectivity index (χ3n) is 5.50. The maximum absolute atomic E-state index is 13.0. The molecule has 29 heavy (non-hydrogen) atoms. The van der Waals surface area contributed by atoms with Gasteiger partial charge in [-0.1, -0.05) is 48.6 Å². The fourth-order valence-electron chi connectivity index (χ4n) is 3.83. The van der Waals surface area contributed by atoms with Crippen molar-refractivity contribution in [1.82, 2.24) is 19.9 Å². The molecular weight excluding hydrogens is 386 g/mol. The summed E-state index contributed by atoms with van der Waals surface area (Å²) in [6.07, 6.45) is 2.37. The van der Waals surface area contributed by atoms with Crippen molar-refractivity contribution in [3.63, 3.8) is 0 Å². The largest absolute Gasteiger partial charge is 0.348 e. The average molecular weight is 412 g/mol. The zero-order valence-electron chi connectivity index (χ0n) is 16.9. The van der Waals surface area contributed by atoms with Gasteiger partial charge in [-0.3, -0.25) is 14.2 Å². The first-order valence-electron chi connectivity index (χ1n) is 9.98. The lowest BCUT2D eigenvalue weighted by atomic mass is 10.1. The van der Waals surface area contributed by atoms with Crippen LogP contribution < -0.4 is 15.8 Å². The van der Waals surface area contributed by atoms with E-state index in [1.54, 1.807) is 11.6 Å². The number of hydrogen-bond acceptors (Lipinski definition) is 6. The average Bonchev–Trinajstić information content (AvgIpc) is 3.38. The van der Waals surface area contributed by atoms with Crippen molar-refractivity contribution >= 4 is 32.7 Å². The third-order valence-corrected chi connectivity index (χ3v) is 6.49. The van der Waals surface area contributed by atoms with Gasteiger partial charge >= 0.3 is 0 Å². The van der Waals surface area contributed by atoms with E-state index in [9.17, 15) is 9.59 Å². The maximum atomic E-state index is 13.0. The molecular formula is C21H25N5O2S. The van der Waals surface area contributed by atoms with Gasteiger partial charge in [-0.15, -0.1) is 0 Å². The van der Waals surface area contributed by atoms with E-state index in [1.165, 1.54) is 11.3 Å². The molecule has 1 aromatic carbocycles. The number of benzene rings is 1. The van der Waals surface area contributed by atoms with Crippen LogP contribution in [-0.2, 0) is 18.3 Å². The van der Waals surface area contributed by atoms with Crippen LogP contribution >= 0.6 is 11.3 Å². The van der Waals surface area contributed by atoms with E-state index >= 15 is 0 Å². The lowest BCUT2D eigenvalue weighted by Gasteiger charge is -2.25. The second-order valence-corrected chi connectivity index (χ2v) is 8.34. The van der Waals surface area contributed by atoms with Crippen molar-refractivity contribution in [2.24, 2.45) is 7.05 Å². The van der Waals surface area contributed by atoms with Gasteiger partial charge in [-0.2, -0.15) is 0 Å². The molecule has 1 aliphatic heterocycles. The molecule has 7 nitrogen and oxygen atoms in total. The van der Waals surface area contributed by atoms with E-state index in [0.717, 1.165) is 30.8 Å². The number of fused-ring (bicyclic) bond motifs is 1. The molecule has 0 radical (unpaired) electrons. The lowest BCUT2D eigenvalue weighted by molar-refractivity contribution is -0.122. The molecule has 4 rings (SSSR count). The van der Waals surface area contributed by atoms with E-state index < -0.39 is 0 Å². The molecule has 1 N–H and O–H groups in total. The first kappa shape index (κ1) is 19.6. The van der Waals surface area contributed by atoms with Crippen LogP contribution in [0.25, 0.3) is 10.3 Å². The number of nitrogens with zero attached hydrogens (tertiary/aromatic N) is 4. The number of aryl methyl sites for hydroxylation is 1. The van der Waals surface area contributed by atoms with Gasteiger partial charge in [0.25, 0.3) is 5.56 Å². The molecule has 0 aliphatic carbocycles. The molecule has 1 aliphatic rings. The Morgan fingerprint density at radius 2 is 2.07 bits per heavy atom. The SMILES string of the molecule is CCc1nc2sc(N3CCCC3C(=O)N[C@H](C)c3ccccc3)nc2c(=O)n1C. The normalized spacial score (nSPS) is 17.6. The molecule has 1 unspecified atom stereocenters. The Labute approximate surface area is 173 Å². The van der Waals surface area contributed by atoms with E-state index in [1.807, 2.05) is 49.1 Å². The van der Waals surface area contributed by atoms with Gasteiger partial charge in [0.05, 0.1) is 6.04 Å². The molecule has 1 amide bonds. The molecule has 3 aromatic rings. The maximum Gasteiger partial charge on any atom is 0.280 e. The van der Waals surface area contributed by atoms with Gasteiger partial charge in [-0.25, -0.2) is 9.97 Å². The summed E-state index contributed by atoms with van der Waals surface area (Å²) in [5.74, 6) is 0.735. The van der Waals surface area contributed by atoms with E-state index in [2.05, 4.69) is 15.3 Å². The van der Waals surface area contributed by atoms with Crippen LogP contribution in [0.1, 0.15) is 44.1 Å². The predicted octanol–water partition coefficient (Wildman–Crippen LogP) is 2.80. The first-order chi connectivity index (χ1) is 14.0. The van der Waals surface area contributed by atoms with Crippen LogP contribution in [0.5, 0.6) is 0 Å². The summed E-state index contributed by atoms with van der Waals surface area (Å²) in [5.41, 5.74) is 1.32. The quantitative estimate of drug-likeness (QED) is 0.698. The Balaban J connectivity index is 1.59. The lowest BCUT2D eigenvalue weighted by Crippen LogP contribution is -2.44. The highest BCUT2D eigenvalue weighted by Gasteiger charge is 2.33. The number of rotatable bonds is 5. The number of thiazole rings is 1. The zero-order valence-corrected chi connectivity index (χ0v) is 17.7. The summed E-state index contributed by atoms with van der Waals surface area (Å²) in [6, 6.07) is 9.58. The summed E-state index contributed by atoms with van der Waals surface area (Å²) in [4.78, 5) is 37.4. The van der Waals surface area contributed by atoms with Crippen LogP contribution in [0.15, 0.2) is 35.1 Å². The molecule has 8 heteroatoms. The monoisotopic (exact) mass is 411 g/mol. The molecule has 2 atom stereocenters. The van der Waals surface area contributed by atoms with Crippen LogP contribution in [0.4, 0.5) is 5.13 Å². The smallest absolute Gasteiger partial charge is 0.280 e. The number of anilines is 1. The highest BCUT2D eigenvalue weighted by molar-refractivity contribution is 7.21. The van der Waals surface area contributed by atoms with Gasteiger partial charge in [0.2, 0.25) is 5.91 Å². The highest BCUT2D eigenvalue weighted by Crippen LogP contribution is 2.32. The van der Waals surface area contributed by atoms with Crippen molar-refractivity contribution in [2.75, 3.05) is 11.4 Å². The van der Waals surface area contributed by atoms with Gasteiger partial charge < -0.3 is 10.2 Å². The minimum absolute atomic E-state index is 0.00628. The van der Waals surface area contributed by atoms with Crippen LogP contribution in [0.2, 0.25) is 0 Å². The second-order valence-electron chi connectivity index (χ2n) is 7.39. The number of hydrogen-bond donors (Lipinski definition) is 1. The molecule has 1 saturated heterocycles. The summed E-state index contributed by atoms with van der Waals surface area (Å²) < 4.78 is 1.56. The number of amides is 1. The first-order valence-corrected chi connectivity index (χ1v) is 10.8. The van der Waals surface area contributed by atoms with Gasteiger partial charge in [0, 0.05) is 20.0 Å². The standard InChI is InChI=1S/C21H25N5O2S/c1-4-16-23-19-17(20(28)25(16)3)24-21(29-19)26-12-8-11-15(26)18(27)22-13(2)14-9-6-5-7-10-14/h5-7,9-10,13,15H,4,8,11-12H2,1-3H3,(H,22,27)/t13-,15?/m1/s1. The minimum atomic E-state index is -0.281. The number of aromatic nitrogens is 3. The summed E-state index contributed by atoms with van der Waals surface area (Å²) in [5, 5.41) is 3.82. The molecule has 0 bridgehead atoms. The third kappa shape index (κ3) is 3.64. The zero-order chi connectivity index (χ0) is 20.5. The van der Waals surface area contributed by atoms with Crippen molar-refractivity contribution in [3.8, 4) is 0 Å². The van der Waals surface area contributed by atoms with Crippen molar-refractivity contribution in [2.45, 2.75) is 45.2 Å². The van der Waals surface area contributed by atoms with E-state index in [0.29, 0.717) is 21.9 Å². The number of nitrogens with one attached hydrogen (secondary N) is 1. The fraction of sp³-hybridized carbons (Fsp3) is 0.429. The Bertz CT molecular complexity index is 1090. The molecule has 3 heterocycles. The summed E-state index contributed by atoms with van der Waals surface area (Å²) >= 11 is 1.39. The van der Waals surface area contributed by atoms with Gasteiger partial charge in [0.1, 0.15) is 11.9 Å². The molecule has 1 fully saturated rings. The Hall–Kier alpha value is -2.74. The van der Waals surface area contributed by atoms with Gasteiger partial charge in [-0.05, 0) is 25.3 Å². The second kappa shape index (κ2) is 7.94. The predicted molar refractivity (Wildman–Crippen MR) is 115 cm³/mol.